The predicted octanol–water partition coefficient (Wildman–Crippen LogP) is 3.95. The molecular weight excluding hydrogens is 332 g/mol. The van der Waals surface area contributed by atoms with Gasteiger partial charge in [0.1, 0.15) is 6.79 Å². The zero-order valence-corrected chi connectivity index (χ0v) is 17.6. The Morgan fingerprint density at radius 3 is 2.76 bits per heavy atom. The lowest BCUT2D eigenvalue weighted by Crippen LogP contribution is -2.49. The van der Waals surface area contributed by atoms with Gasteiger partial charge in [0.05, 0.1) is 12.2 Å². The quantitative estimate of drug-likeness (QED) is 0.294. The molecule has 0 saturated heterocycles. The number of aliphatic hydroxyl groups is 2. The van der Waals surface area contributed by atoms with Gasteiger partial charge in [0, 0.05) is 26.7 Å². The highest BCUT2D eigenvalue weighted by Gasteiger charge is 2.45. The maximum atomic E-state index is 11.0. The van der Waals surface area contributed by atoms with Gasteiger partial charge in [-0.15, -0.1) is 0 Å². The largest absolute Gasteiger partial charge is 0.396 e. The summed E-state index contributed by atoms with van der Waals surface area (Å²) in [6.07, 6.45) is 7.35. The lowest BCUT2D eigenvalue weighted by Gasteiger charge is -2.46. The Morgan fingerprint density at radius 2 is 2.08 bits per heavy atom. The third-order valence-electron chi connectivity index (χ3n) is 5.92. The topological polar surface area (TPSA) is 58.9 Å². The van der Waals surface area contributed by atoms with E-state index < -0.39 is 14.2 Å². The normalized spacial score (nSPS) is 33.5. The first kappa shape index (κ1) is 21.1. The number of rotatable bonds is 8. The smallest absolute Gasteiger partial charge is 0.147 e. The predicted molar refractivity (Wildman–Crippen MR) is 104 cm³/mol. The zero-order valence-electron chi connectivity index (χ0n) is 16.6. The Balaban J connectivity index is 2.00. The zero-order chi connectivity index (χ0) is 18.5. The van der Waals surface area contributed by atoms with Gasteiger partial charge in [0.15, 0.2) is 0 Å². The van der Waals surface area contributed by atoms with Gasteiger partial charge in [-0.1, -0.05) is 38.2 Å². The van der Waals surface area contributed by atoms with Crippen molar-refractivity contribution in [3.05, 3.63) is 11.6 Å². The number of aliphatic hydroxyl groups excluding tert-OH is 2. The highest BCUT2D eigenvalue weighted by atomic mass is 28.3. The molecule has 2 aliphatic carbocycles. The van der Waals surface area contributed by atoms with Crippen molar-refractivity contribution in [2.45, 2.75) is 83.3 Å². The summed E-state index contributed by atoms with van der Waals surface area (Å²) in [5, 5.41) is 20.4. The van der Waals surface area contributed by atoms with Crippen LogP contribution in [0.5, 0.6) is 0 Å². The van der Waals surface area contributed by atoms with E-state index in [1.165, 1.54) is 5.57 Å². The van der Waals surface area contributed by atoms with Crippen LogP contribution in [-0.2, 0) is 9.47 Å². The molecular formula is C20H38O4Si. The maximum absolute atomic E-state index is 11.0. The summed E-state index contributed by atoms with van der Waals surface area (Å²) in [4.78, 5) is 0. The molecule has 1 fully saturated rings. The van der Waals surface area contributed by atoms with Gasteiger partial charge in [-0.25, -0.2) is 0 Å². The third-order valence-corrected chi connectivity index (χ3v) is 7.63. The molecule has 2 bridgehead atoms. The summed E-state index contributed by atoms with van der Waals surface area (Å²) in [5.41, 5.74) is 1.46. The van der Waals surface area contributed by atoms with Crippen LogP contribution in [0, 0.1) is 11.3 Å². The van der Waals surface area contributed by atoms with Gasteiger partial charge in [-0.05, 0) is 50.5 Å². The van der Waals surface area contributed by atoms with E-state index in [1.54, 1.807) is 0 Å². The minimum Gasteiger partial charge on any atom is -0.396 e. The summed E-state index contributed by atoms with van der Waals surface area (Å²) < 4.78 is 11.9. The molecule has 0 aromatic heterocycles. The fraction of sp³-hybridized carbons (Fsp3) is 0.900. The van der Waals surface area contributed by atoms with Crippen molar-refractivity contribution in [1.29, 1.82) is 0 Å². The maximum Gasteiger partial charge on any atom is 0.147 e. The minimum atomic E-state index is -1.10. The summed E-state index contributed by atoms with van der Waals surface area (Å²) >= 11 is 0. The number of hydrogen-bond donors (Lipinski definition) is 2. The Labute approximate surface area is 154 Å². The Morgan fingerprint density at radius 1 is 1.32 bits per heavy atom. The fourth-order valence-corrected chi connectivity index (χ4v) is 5.02. The van der Waals surface area contributed by atoms with Crippen LogP contribution in [0.15, 0.2) is 11.6 Å². The van der Waals surface area contributed by atoms with Gasteiger partial charge in [0.25, 0.3) is 0 Å². The second kappa shape index (κ2) is 9.13. The molecule has 2 N–H and O–H groups in total. The van der Waals surface area contributed by atoms with Gasteiger partial charge in [-0.2, -0.15) is 0 Å². The second-order valence-corrected chi connectivity index (χ2v) is 15.1. The van der Waals surface area contributed by atoms with Gasteiger partial charge in [-0.3, -0.25) is 0 Å². The molecule has 5 heteroatoms. The minimum absolute atomic E-state index is 0.0419. The van der Waals surface area contributed by atoms with Crippen LogP contribution in [0.3, 0.4) is 0 Å². The highest BCUT2D eigenvalue weighted by molar-refractivity contribution is 6.76. The summed E-state index contributed by atoms with van der Waals surface area (Å²) in [6, 6.07) is 1.13. The van der Waals surface area contributed by atoms with Crippen LogP contribution in [0.25, 0.3) is 0 Å². The van der Waals surface area contributed by atoms with Crippen molar-refractivity contribution in [2.75, 3.05) is 20.0 Å². The molecule has 0 radical (unpaired) electrons. The Hall–Kier alpha value is -0.203. The first-order valence-corrected chi connectivity index (χ1v) is 13.6. The van der Waals surface area contributed by atoms with E-state index in [2.05, 4.69) is 32.6 Å². The molecule has 0 aliphatic heterocycles. The van der Waals surface area contributed by atoms with Crippen molar-refractivity contribution >= 4 is 8.07 Å². The number of fused-ring (bicyclic) bond motifs is 2. The van der Waals surface area contributed by atoms with Crippen LogP contribution in [0.2, 0.25) is 25.7 Å². The highest BCUT2D eigenvalue weighted by Crippen LogP contribution is 2.46. The van der Waals surface area contributed by atoms with Crippen LogP contribution < -0.4 is 0 Å². The van der Waals surface area contributed by atoms with E-state index in [0.29, 0.717) is 6.42 Å². The molecule has 0 heterocycles. The van der Waals surface area contributed by atoms with Gasteiger partial charge in [0.2, 0.25) is 0 Å². The average Bonchev–Trinajstić information content (AvgIpc) is 2.52. The number of ether oxygens (including phenoxy) is 2. The van der Waals surface area contributed by atoms with Gasteiger partial charge >= 0.3 is 0 Å². The average molecular weight is 371 g/mol. The molecule has 0 aromatic carbocycles. The van der Waals surface area contributed by atoms with E-state index in [1.807, 2.05) is 0 Å². The summed E-state index contributed by atoms with van der Waals surface area (Å²) in [6.45, 7) is 10.4. The van der Waals surface area contributed by atoms with Crippen molar-refractivity contribution in [3.8, 4) is 0 Å². The number of hydrogen-bond acceptors (Lipinski definition) is 4. The van der Waals surface area contributed by atoms with E-state index in [0.717, 1.165) is 44.8 Å². The van der Waals surface area contributed by atoms with E-state index in [-0.39, 0.29) is 30.8 Å². The molecule has 1 saturated carbocycles. The van der Waals surface area contributed by atoms with Crippen molar-refractivity contribution < 1.29 is 19.7 Å². The van der Waals surface area contributed by atoms with Crippen LogP contribution in [-0.4, -0.2) is 50.5 Å². The van der Waals surface area contributed by atoms with Crippen LogP contribution in [0.1, 0.15) is 45.4 Å². The molecule has 4 atom stereocenters. The lowest BCUT2D eigenvalue weighted by atomic mass is 9.65. The van der Waals surface area contributed by atoms with Crippen molar-refractivity contribution in [1.82, 2.24) is 0 Å². The molecule has 2 rings (SSSR count). The fourth-order valence-electron chi connectivity index (χ4n) is 4.26. The van der Waals surface area contributed by atoms with Crippen LogP contribution in [0.4, 0.5) is 0 Å². The van der Waals surface area contributed by atoms with E-state index in [9.17, 15) is 10.2 Å². The second-order valence-electron chi connectivity index (χ2n) is 9.46. The standard InChI is InChI=1S/C20H38O4Si/c1-20-10-5-6-16(14-20)7-8-17(9-11-21)18(22)19(20)24-15-23-12-13-25(2,3)4/h6,17-19,21-22H,5,7-15H2,1-4H3/t17-,18+,19-,20+/m0/s1. The third kappa shape index (κ3) is 6.17. The summed E-state index contributed by atoms with van der Waals surface area (Å²) in [7, 11) is -1.10. The monoisotopic (exact) mass is 370 g/mol. The molecule has 146 valence electrons. The first-order valence-electron chi connectivity index (χ1n) is 9.91. The summed E-state index contributed by atoms with van der Waals surface area (Å²) in [5.74, 6) is 0.0955. The molecule has 0 spiro atoms. The molecule has 0 aromatic rings. The molecule has 25 heavy (non-hydrogen) atoms. The molecule has 0 unspecified atom stereocenters. The van der Waals surface area contributed by atoms with E-state index >= 15 is 0 Å². The lowest BCUT2D eigenvalue weighted by molar-refractivity contribution is -0.180. The Kier molecular flexibility index (Phi) is 7.71. The molecule has 4 nitrogen and oxygen atoms in total. The Bertz CT molecular complexity index is 445. The van der Waals surface area contributed by atoms with E-state index in [4.69, 9.17) is 9.47 Å². The SMILES string of the molecule is C[C@]12CCC=C(CC[C@@H](CCO)[C@@H](O)[C@@H]1OCOCC[Si](C)(C)C)C2. The first-order chi connectivity index (χ1) is 11.7. The molecule has 2 aliphatic rings. The number of allylic oxidation sites excluding steroid dienone is 2. The molecule has 0 amide bonds. The van der Waals surface area contributed by atoms with Crippen molar-refractivity contribution in [2.24, 2.45) is 11.3 Å². The van der Waals surface area contributed by atoms with Gasteiger partial charge < -0.3 is 19.7 Å². The van der Waals surface area contributed by atoms with Crippen molar-refractivity contribution in [3.63, 3.8) is 0 Å². The van der Waals surface area contributed by atoms with Crippen LogP contribution >= 0.6 is 0 Å².